The fourth-order valence-corrected chi connectivity index (χ4v) is 4.22. The highest BCUT2D eigenvalue weighted by Crippen LogP contribution is 2.46. The number of fused-ring (bicyclic) bond motifs is 3. The van der Waals surface area contributed by atoms with Gasteiger partial charge in [0.1, 0.15) is 0 Å². The number of hydrogen-bond donors (Lipinski definition) is 2. The van der Waals surface area contributed by atoms with E-state index in [9.17, 15) is 5.11 Å². The Hall–Kier alpha value is -0.120. The van der Waals surface area contributed by atoms with Gasteiger partial charge in [0, 0.05) is 12.1 Å². The van der Waals surface area contributed by atoms with Gasteiger partial charge in [-0.25, -0.2) is 0 Å². The second-order valence-corrected chi connectivity index (χ2v) is 6.19. The molecule has 3 aliphatic heterocycles. The van der Waals surface area contributed by atoms with Crippen LogP contribution in [0.4, 0.5) is 0 Å². The molecule has 1 atom stereocenters. The van der Waals surface area contributed by atoms with Gasteiger partial charge in [-0.3, -0.25) is 0 Å². The summed E-state index contributed by atoms with van der Waals surface area (Å²) in [5.41, 5.74) is 5.69. The summed E-state index contributed by atoms with van der Waals surface area (Å²) in [6.45, 7) is 3.17. The molecule has 3 N–H and O–H groups in total. The summed E-state index contributed by atoms with van der Waals surface area (Å²) < 4.78 is 0. The second kappa shape index (κ2) is 3.69. The van der Waals surface area contributed by atoms with Crippen molar-refractivity contribution in [3.8, 4) is 0 Å². The zero-order valence-corrected chi connectivity index (χ0v) is 10.1. The van der Waals surface area contributed by atoms with Gasteiger partial charge in [-0.05, 0) is 44.7 Å². The molecule has 3 heteroatoms. The van der Waals surface area contributed by atoms with Crippen LogP contribution in [0.3, 0.4) is 0 Å². The molecule has 0 amide bonds. The second-order valence-electron chi connectivity index (χ2n) is 6.19. The van der Waals surface area contributed by atoms with Crippen molar-refractivity contribution < 1.29 is 5.11 Å². The maximum absolute atomic E-state index is 11.1. The number of nitrogens with zero attached hydrogens (tertiary/aromatic N) is 1. The number of hydrogen-bond acceptors (Lipinski definition) is 3. The third kappa shape index (κ3) is 1.45. The minimum Gasteiger partial charge on any atom is -0.386 e. The van der Waals surface area contributed by atoms with Crippen LogP contribution in [0.5, 0.6) is 0 Å². The zero-order chi connectivity index (χ0) is 11.2. The van der Waals surface area contributed by atoms with Gasteiger partial charge >= 0.3 is 0 Å². The van der Waals surface area contributed by atoms with E-state index in [1.165, 1.54) is 32.4 Å². The van der Waals surface area contributed by atoms with Gasteiger partial charge < -0.3 is 15.7 Å². The minimum atomic E-state index is -0.593. The fraction of sp³-hybridized carbons (Fsp3) is 1.00. The van der Waals surface area contributed by atoms with Gasteiger partial charge in [0.2, 0.25) is 0 Å². The molecule has 2 bridgehead atoms. The van der Waals surface area contributed by atoms with Gasteiger partial charge in [0.15, 0.2) is 0 Å². The average Bonchev–Trinajstić information content (AvgIpc) is 2.31. The first-order valence-electron chi connectivity index (χ1n) is 6.88. The van der Waals surface area contributed by atoms with Crippen molar-refractivity contribution >= 4 is 0 Å². The molecule has 16 heavy (non-hydrogen) atoms. The minimum absolute atomic E-state index is 0.297. The van der Waals surface area contributed by atoms with Gasteiger partial charge in [-0.2, -0.15) is 0 Å². The molecule has 92 valence electrons. The van der Waals surface area contributed by atoms with E-state index < -0.39 is 5.60 Å². The summed E-state index contributed by atoms with van der Waals surface area (Å²) in [7, 11) is 0. The topological polar surface area (TPSA) is 49.5 Å². The van der Waals surface area contributed by atoms with Gasteiger partial charge in [0.05, 0.1) is 5.60 Å². The molecule has 4 fully saturated rings. The molecule has 3 nitrogen and oxygen atoms in total. The van der Waals surface area contributed by atoms with Crippen LogP contribution in [-0.2, 0) is 0 Å². The molecule has 1 saturated carbocycles. The average molecular weight is 224 g/mol. The molecule has 4 rings (SSSR count). The van der Waals surface area contributed by atoms with Crippen molar-refractivity contribution in [1.82, 2.24) is 4.90 Å². The van der Waals surface area contributed by atoms with Crippen molar-refractivity contribution in [2.75, 3.05) is 19.6 Å². The van der Waals surface area contributed by atoms with Crippen LogP contribution in [0, 0.1) is 5.92 Å². The van der Waals surface area contributed by atoms with Gasteiger partial charge in [0.25, 0.3) is 0 Å². The molecule has 3 saturated heterocycles. The highest BCUT2D eigenvalue weighted by Gasteiger charge is 2.56. The number of piperidine rings is 3. The summed E-state index contributed by atoms with van der Waals surface area (Å²) in [5, 5.41) is 11.1. The number of nitrogens with two attached hydrogens (primary N) is 1. The quantitative estimate of drug-likeness (QED) is 0.701. The molecular formula is C13H24N2O. The first kappa shape index (κ1) is 11.0. The van der Waals surface area contributed by atoms with Crippen molar-refractivity contribution in [3.63, 3.8) is 0 Å². The van der Waals surface area contributed by atoms with E-state index in [0.29, 0.717) is 5.92 Å². The van der Waals surface area contributed by atoms with Crippen LogP contribution in [-0.4, -0.2) is 40.8 Å². The largest absolute Gasteiger partial charge is 0.386 e. The molecule has 1 aliphatic carbocycles. The van der Waals surface area contributed by atoms with Gasteiger partial charge in [-0.15, -0.1) is 0 Å². The molecular weight excluding hydrogens is 200 g/mol. The van der Waals surface area contributed by atoms with Crippen LogP contribution < -0.4 is 5.73 Å². The molecule has 0 aromatic heterocycles. The SMILES string of the molecule is NC1(C2(O)CN3CCC2CC3)CCCCC1. The van der Waals surface area contributed by atoms with Crippen molar-refractivity contribution in [2.45, 2.75) is 56.1 Å². The fourth-order valence-electron chi connectivity index (χ4n) is 4.22. The van der Waals surface area contributed by atoms with E-state index in [-0.39, 0.29) is 5.54 Å². The predicted octanol–water partition coefficient (Wildman–Crippen LogP) is 1.10. The van der Waals surface area contributed by atoms with Crippen molar-refractivity contribution in [2.24, 2.45) is 11.7 Å². The predicted molar refractivity (Wildman–Crippen MR) is 64.1 cm³/mol. The molecule has 0 spiro atoms. The normalized spacial score (nSPS) is 46.9. The standard InChI is InChI=1S/C13H24N2O/c14-12(6-2-1-3-7-12)13(16)10-15-8-4-11(13)5-9-15/h11,16H,1-10,14H2. The lowest BCUT2D eigenvalue weighted by molar-refractivity contribution is -0.163. The maximum Gasteiger partial charge on any atom is 0.0981 e. The molecule has 0 aromatic rings. The van der Waals surface area contributed by atoms with Crippen LogP contribution >= 0.6 is 0 Å². The number of aliphatic hydroxyl groups is 1. The summed E-state index contributed by atoms with van der Waals surface area (Å²) in [4.78, 5) is 2.41. The lowest BCUT2D eigenvalue weighted by Crippen LogP contribution is -2.73. The molecule has 4 aliphatic rings. The zero-order valence-electron chi connectivity index (χ0n) is 10.1. The Morgan fingerprint density at radius 2 is 1.69 bits per heavy atom. The number of rotatable bonds is 1. The Morgan fingerprint density at radius 3 is 2.19 bits per heavy atom. The Balaban J connectivity index is 1.86. The van der Waals surface area contributed by atoms with Gasteiger partial charge in [-0.1, -0.05) is 19.3 Å². The molecule has 3 heterocycles. The van der Waals surface area contributed by atoms with E-state index in [4.69, 9.17) is 5.73 Å². The first-order chi connectivity index (χ1) is 7.64. The molecule has 0 aromatic carbocycles. The highest BCUT2D eigenvalue weighted by atomic mass is 16.3. The highest BCUT2D eigenvalue weighted by molar-refractivity contribution is 5.13. The Kier molecular flexibility index (Phi) is 2.54. The first-order valence-corrected chi connectivity index (χ1v) is 6.88. The third-order valence-electron chi connectivity index (χ3n) is 5.34. The molecule has 0 radical (unpaired) electrons. The summed E-state index contributed by atoms with van der Waals surface area (Å²) in [5.74, 6) is 0.459. The van der Waals surface area contributed by atoms with E-state index in [0.717, 1.165) is 32.2 Å². The van der Waals surface area contributed by atoms with Crippen LogP contribution in [0.25, 0.3) is 0 Å². The van der Waals surface area contributed by atoms with E-state index in [1.54, 1.807) is 0 Å². The Bertz CT molecular complexity index is 267. The van der Waals surface area contributed by atoms with Crippen LogP contribution in [0.1, 0.15) is 44.9 Å². The summed E-state index contributed by atoms with van der Waals surface area (Å²) in [6, 6.07) is 0. The van der Waals surface area contributed by atoms with E-state index in [2.05, 4.69) is 4.90 Å². The Morgan fingerprint density at radius 1 is 1.06 bits per heavy atom. The van der Waals surface area contributed by atoms with Crippen molar-refractivity contribution in [1.29, 1.82) is 0 Å². The third-order valence-corrected chi connectivity index (χ3v) is 5.34. The Labute approximate surface area is 98.0 Å². The maximum atomic E-state index is 11.1. The lowest BCUT2D eigenvalue weighted by atomic mass is 9.60. The van der Waals surface area contributed by atoms with Crippen LogP contribution in [0.15, 0.2) is 0 Å². The smallest absolute Gasteiger partial charge is 0.0981 e. The van der Waals surface area contributed by atoms with E-state index >= 15 is 0 Å². The summed E-state index contributed by atoms with van der Waals surface area (Å²) >= 11 is 0. The summed E-state index contributed by atoms with van der Waals surface area (Å²) in [6.07, 6.45) is 8.03. The monoisotopic (exact) mass is 224 g/mol. The van der Waals surface area contributed by atoms with Crippen molar-refractivity contribution in [3.05, 3.63) is 0 Å². The van der Waals surface area contributed by atoms with Crippen LogP contribution in [0.2, 0.25) is 0 Å². The molecule has 1 unspecified atom stereocenters. The lowest BCUT2D eigenvalue weighted by Gasteiger charge is -2.58. The van der Waals surface area contributed by atoms with E-state index in [1.807, 2.05) is 0 Å².